The van der Waals surface area contributed by atoms with E-state index in [4.69, 9.17) is 0 Å². The molecule has 0 radical (unpaired) electrons. The molecule has 0 heterocycles. The summed E-state index contributed by atoms with van der Waals surface area (Å²) in [6.07, 6.45) is 9.36. The normalized spacial score (nSPS) is 50.6. The lowest BCUT2D eigenvalue weighted by molar-refractivity contribution is -0.141. The third kappa shape index (κ3) is 1.34. The molecule has 0 spiro atoms. The molecule has 16 heavy (non-hydrogen) atoms. The van der Waals surface area contributed by atoms with Gasteiger partial charge in [0.15, 0.2) is 0 Å². The van der Waals surface area contributed by atoms with Crippen LogP contribution >= 0.6 is 0 Å². The van der Waals surface area contributed by atoms with Gasteiger partial charge < -0.3 is 0 Å². The summed E-state index contributed by atoms with van der Waals surface area (Å²) in [7, 11) is 0. The first kappa shape index (κ1) is 11.1. The highest BCUT2D eigenvalue weighted by Gasteiger charge is 2.58. The minimum atomic E-state index is 0.866. The first-order valence-electron chi connectivity index (χ1n) is 7.46. The number of hydrogen-bond donors (Lipinski definition) is 0. The molecule has 0 nitrogen and oxygen atoms in total. The molecule has 0 heteroatoms. The van der Waals surface area contributed by atoms with Crippen molar-refractivity contribution in [3.63, 3.8) is 0 Å². The van der Waals surface area contributed by atoms with E-state index in [2.05, 4.69) is 27.7 Å². The van der Waals surface area contributed by atoms with Crippen LogP contribution in [-0.2, 0) is 0 Å². The number of rotatable bonds is 2. The molecule has 0 aromatic rings. The second kappa shape index (κ2) is 3.27. The fourth-order valence-electron chi connectivity index (χ4n) is 4.50. The Kier molecular flexibility index (Phi) is 2.27. The summed E-state index contributed by atoms with van der Waals surface area (Å²) in [5.74, 6) is 4.26. The van der Waals surface area contributed by atoms with Gasteiger partial charge in [0.2, 0.25) is 0 Å². The molecule has 6 rings (SSSR count). The quantitative estimate of drug-likeness (QED) is 0.622. The maximum Gasteiger partial charge on any atom is -0.0267 e. The molecule has 0 N–H and O–H groups in total. The molecule has 0 saturated heterocycles. The molecular formula is C16H28. The summed E-state index contributed by atoms with van der Waals surface area (Å²) in [6.45, 7) is 9.48. The summed E-state index contributed by atoms with van der Waals surface area (Å²) >= 11 is 0. The zero-order valence-electron chi connectivity index (χ0n) is 11.6. The van der Waals surface area contributed by atoms with Gasteiger partial charge in [-0.1, -0.05) is 27.7 Å². The van der Waals surface area contributed by atoms with Gasteiger partial charge in [0.25, 0.3) is 0 Å². The second-order valence-corrected chi connectivity index (χ2v) is 7.99. The predicted molar refractivity (Wildman–Crippen MR) is 69.2 cm³/mol. The fraction of sp³-hybridized carbons (Fsp3) is 1.00. The Morgan fingerprint density at radius 3 is 0.875 bits per heavy atom. The van der Waals surface area contributed by atoms with Crippen LogP contribution in [0, 0.1) is 34.5 Å². The van der Waals surface area contributed by atoms with Crippen LogP contribution in [0.25, 0.3) is 0 Å². The lowest BCUT2D eigenvalue weighted by Crippen LogP contribution is -2.54. The van der Waals surface area contributed by atoms with Crippen LogP contribution in [0.3, 0.4) is 0 Å². The molecule has 0 aliphatic heterocycles. The van der Waals surface area contributed by atoms with Crippen LogP contribution in [0.5, 0.6) is 0 Å². The van der Waals surface area contributed by atoms with Gasteiger partial charge in [-0.05, 0) is 73.0 Å². The van der Waals surface area contributed by atoms with Crippen LogP contribution in [0.4, 0.5) is 0 Å². The van der Waals surface area contributed by atoms with Crippen molar-refractivity contribution >= 4 is 0 Å². The molecule has 0 aromatic carbocycles. The Morgan fingerprint density at radius 1 is 0.625 bits per heavy atom. The van der Waals surface area contributed by atoms with Crippen LogP contribution in [0.1, 0.15) is 66.2 Å². The fourth-order valence-corrected chi connectivity index (χ4v) is 4.50. The highest BCUT2D eigenvalue weighted by molar-refractivity contribution is 5.08. The van der Waals surface area contributed by atoms with Gasteiger partial charge in [0.1, 0.15) is 0 Å². The monoisotopic (exact) mass is 220 g/mol. The third-order valence-electron chi connectivity index (χ3n) is 6.62. The Bertz CT molecular complexity index is 222. The standard InChI is InChI=1S/2C8H14/c2*1-6(2)8-3-7(4-8)5-8/h2*6-7H,3-5H2,1-2H3. The van der Waals surface area contributed by atoms with Crippen LogP contribution < -0.4 is 0 Å². The lowest BCUT2D eigenvalue weighted by atomic mass is 9.41. The van der Waals surface area contributed by atoms with Crippen LogP contribution in [-0.4, -0.2) is 0 Å². The van der Waals surface area contributed by atoms with Crippen molar-refractivity contribution in [3.05, 3.63) is 0 Å². The Labute approximate surface area is 101 Å². The second-order valence-electron chi connectivity index (χ2n) is 7.99. The average molecular weight is 220 g/mol. The SMILES string of the molecule is CC(C)C12CC(C1)C2.CC(C)C12CC(C1)C2. The van der Waals surface area contributed by atoms with Crippen molar-refractivity contribution in [2.45, 2.75) is 66.2 Å². The van der Waals surface area contributed by atoms with E-state index >= 15 is 0 Å². The van der Waals surface area contributed by atoms with Gasteiger partial charge in [-0.15, -0.1) is 0 Å². The first-order chi connectivity index (χ1) is 7.46. The molecule has 6 aliphatic rings. The third-order valence-corrected chi connectivity index (χ3v) is 6.62. The van der Waals surface area contributed by atoms with Crippen molar-refractivity contribution < 1.29 is 0 Å². The lowest BCUT2D eigenvalue weighted by Gasteiger charge is -2.64. The maximum absolute atomic E-state index is 2.37. The van der Waals surface area contributed by atoms with Gasteiger partial charge in [-0.2, -0.15) is 0 Å². The topological polar surface area (TPSA) is 0 Å². The number of hydrogen-bond acceptors (Lipinski definition) is 0. The molecule has 6 fully saturated rings. The van der Waals surface area contributed by atoms with E-state index < -0.39 is 0 Å². The summed E-state index contributed by atoms with van der Waals surface area (Å²) < 4.78 is 0. The minimum absolute atomic E-state index is 0.866. The summed E-state index contributed by atoms with van der Waals surface area (Å²) in [5.41, 5.74) is 1.73. The van der Waals surface area contributed by atoms with E-state index in [1.165, 1.54) is 0 Å². The Hall–Kier alpha value is 0. The van der Waals surface area contributed by atoms with Crippen molar-refractivity contribution in [1.29, 1.82) is 0 Å². The van der Waals surface area contributed by atoms with E-state index in [0.29, 0.717) is 0 Å². The largest absolute Gasteiger partial charge is 0.0622 e. The highest BCUT2D eigenvalue weighted by atomic mass is 14.6. The minimum Gasteiger partial charge on any atom is -0.0622 e. The van der Waals surface area contributed by atoms with Crippen molar-refractivity contribution in [3.8, 4) is 0 Å². The zero-order valence-corrected chi connectivity index (χ0v) is 11.6. The molecule has 6 saturated carbocycles. The van der Waals surface area contributed by atoms with Crippen LogP contribution in [0.2, 0.25) is 0 Å². The summed E-state index contributed by atoms with van der Waals surface area (Å²) in [6, 6.07) is 0. The molecule has 0 amide bonds. The van der Waals surface area contributed by atoms with Gasteiger partial charge in [0, 0.05) is 0 Å². The molecule has 0 atom stereocenters. The zero-order chi connectivity index (χ0) is 11.6. The van der Waals surface area contributed by atoms with E-state index in [1.807, 2.05) is 0 Å². The van der Waals surface area contributed by atoms with Crippen molar-refractivity contribution in [2.75, 3.05) is 0 Å². The van der Waals surface area contributed by atoms with Gasteiger partial charge in [-0.25, -0.2) is 0 Å². The predicted octanol–water partition coefficient (Wildman–Crippen LogP) is 4.89. The highest BCUT2D eigenvalue weighted by Crippen LogP contribution is 2.68. The molecule has 0 aromatic heterocycles. The van der Waals surface area contributed by atoms with Crippen molar-refractivity contribution in [2.24, 2.45) is 34.5 Å². The van der Waals surface area contributed by atoms with Crippen molar-refractivity contribution in [1.82, 2.24) is 0 Å². The maximum atomic E-state index is 2.37. The van der Waals surface area contributed by atoms with E-state index in [0.717, 1.165) is 34.5 Å². The van der Waals surface area contributed by atoms with Crippen LogP contribution in [0.15, 0.2) is 0 Å². The Balaban J connectivity index is 0.000000101. The van der Waals surface area contributed by atoms with E-state index in [-0.39, 0.29) is 0 Å². The molecule has 4 bridgehead atoms. The van der Waals surface area contributed by atoms with E-state index in [9.17, 15) is 0 Å². The van der Waals surface area contributed by atoms with Gasteiger partial charge >= 0.3 is 0 Å². The summed E-state index contributed by atoms with van der Waals surface area (Å²) in [4.78, 5) is 0. The summed E-state index contributed by atoms with van der Waals surface area (Å²) in [5, 5.41) is 0. The van der Waals surface area contributed by atoms with Gasteiger partial charge in [0.05, 0.1) is 0 Å². The van der Waals surface area contributed by atoms with E-state index in [1.54, 1.807) is 38.5 Å². The molecule has 0 unspecified atom stereocenters. The smallest absolute Gasteiger partial charge is 0.0267 e. The Morgan fingerprint density at radius 2 is 0.875 bits per heavy atom. The average Bonchev–Trinajstić information content (AvgIpc) is 1.66. The molecular weight excluding hydrogens is 192 g/mol. The molecule has 6 aliphatic carbocycles. The first-order valence-corrected chi connectivity index (χ1v) is 7.46. The molecule has 92 valence electrons. The van der Waals surface area contributed by atoms with Gasteiger partial charge in [-0.3, -0.25) is 0 Å².